The molecule has 0 aromatic rings. The molecule has 0 radical (unpaired) electrons. The molecule has 4 heteroatoms. The van der Waals surface area contributed by atoms with Gasteiger partial charge in [0.2, 0.25) is 0 Å². The average molecular weight is 270 g/mol. The molecule has 0 aromatic heterocycles. The third-order valence-corrected chi connectivity index (χ3v) is 3.70. The van der Waals surface area contributed by atoms with Crippen molar-refractivity contribution in [1.82, 2.24) is 4.90 Å². The highest BCUT2D eigenvalue weighted by Gasteiger charge is 2.32. The summed E-state index contributed by atoms with van der Waals surface area (Å²) >= 11 is 0. The Bertz CT molecular complexity index is 286. The van der Waals surface area contributed by atoms with Crippen molar-refractivity contribution < 1.29 is 9.53 Å². The van der Waals surface area contributed by atoms with Crippen LogP contribution in [0.2, 0.25) is 0 Å². The summed E-state index contributed by atoms with van der Waals surface area (Å²) in [6, 6.07) is 0.315. The molecule has 2 N–H and O–H groups in total. The lowest BCUT2D eigenvalue weighted by atomic mass is 9.85. The first-order chi connectivity index (χ1) is 8.85. The molecule has 0 saturated heterocycles. The summed E-state index contributed by atoms with van der Waals surface area (Å²) in [5.41, 5.74) is 5.16. The molecule has 0 bridgehead atoms. The Hall–Kier alpha value is -0.770. The van der Waals surface area contributed by atoms with E-state index in [1.807, 2.05) is 25.7 Å². The van der Waals surface area contributed by atoms with Crippen molar-refractivity contribution in [3.63, 3.8) is 0 Å². The smallest absolute Gasteiger partial charge is 0.410 e. The zero-order valence-corrected chi connectivity index (χ0v) is 12.9. The second-order valence-electron chi connectivity index (χ2n) is 6.65. The van der Waals surface area contributed by atoms with E-state index in [0.717, 1.165) is 12.8 Å². The van der Waals surface area contributed by atoms with Gasteiger partial charge in [0, 0.05) is 12.6 Å². The van der Waals surface area contributed by atoms with Crippen LogP contribution in [0, 0.1) is 5.92 Å². The third kappa shape index (κ3) is 5.39. The maximum Gasteiger partial charge on any atom is 0.410 e. The summed E-state index contributed by atoms with van der Waals surface area (Å²) in [4.78, 5) is 14.3. The van der Waals surface area contributed by atoms with Crippen molar-refractivity contribution >= 4 is 6.09 Å². The minimum atomic E-state index is -0.435. The van der Waals surface area contributed by atoms with Crippen LogP contribution in [0.1, 0.15) is 59.8 Å². The van der Waals surface area contributed by atoms with Crippen LogP contribution in [0.4, 0.5) is 4.79 Å². The first-order valence-corrected chi connectivity index (χ1v) is 7.55. The minimum Gasteiger partial charge on any atom is -0.444 e. The molecule has 1 aliphatic carbocycles. The highest BCUT2D eigenvalue weighted by Crippen LogP contribution is 2.29. The molecule has 1 fully saturated rings. The van der Waals surface area contributed by atoms with Gasteiger partial charge in [-0.1, -0.05) is 19.8 Å². The molecule has 2 atom stereocenters. The number of nitrogens with two attached hydrogens (primary N) is 1. The lowest BCUT2D eigenvalue weighted by Gasteiger charge is -2.39. The van der Waals surface area contributed by atoms with E-state index in [1.54, 1.807) is 0 Å². The summed E-state index contributed by atoms with van der Waals surface area (Å²) in [6.07, 6.45) is 5.42. The SMILES string of the molecule is C[C@H]1CCCC[C@H]1N(CCCN)C(=O)OC(C)(C)C. The lowest BCUT2D eigenvalue weighted by Crippen LogP contribution is -2.48. The second kappa shape index (κ2) is 7.13. The first-order valence-electron chi connectivity index (χ1n) is 7.55. The molecule has 0 heterocycles. The van der Waals surface area contributed by atoms with Gasteiger partial charge in [0.1, 0.15) is 5.60 Å². The number of rotatable bonds is 4. The van der Waals surface area contributed by atoms with Crippen LogP contribution in [0.15, 0.2) is 0 Å². The molecule has 112 valence electrons. The predicted octanol–water partition coefficient (Wildman–Crippen LogP) is 3.15. The fourth-order valence-electron chi connectivity index (χ4n) is 2.73. The minimum absolute atomic E-state index is 0.181. The van der Waals surface area contributed by atoms with Gasteiger partial charge in [-0.3, -0.25) is 0 Å². The summed E-state index contributed by atoms with van der Waals surface area (Å²) in [7, 11) is 0. The van der Waals surface area contributed by atoms with Gasteiger partial charge < -0.3 is 15.4 Å². The number of carbonyl (C=O) groups excluding carboxylic acids is 1. The van der Waals surface area contributed by atoms with Gasteiger partial charge in [-0.25, -0.2) is 4.79 Å². The lowest BCUT2D eigenvalue weighted by molar-refractivity contribution is 0.00519. The number of hydrogen-bond acceptors (Lipinski definition) is 3. The number of amides is 1. The summed E-state index contributed by atoms with van der Waals surface area (Å²) in [6.45, 7) is 9.30. The van der Waals surface area contributed by atoms with Crippen molar-refractivity contribution in [2.24, 2.45) is 11.7 Å². The molecule has 1 rings (SSSR count). The van der Waals surface area contributed by atoms with E-state index in [0.29, 0.717) is 25.0 Å². The van der Waals surface area contributed by atoms with Gasteiger partial charge in [-0.15, -0.1) is 0 Å². The van der Waals surface area contributed by atoms with Crippen LogP contribution in [-0.4, -0.2) is 35.7 Å². The molecule has 1 amide bonds. The van der Waals surface area contributed by atoms with Crippen molar-refractivity contribution in [2.45, 2.75) is 71.4 Å². The van der Waals surface area contributed by atoms with Crippen molar-refractivity contribution in [3.05, 3.63) is 0 Å². The van der Waals surface area contributed by atoms with Crippen LogP contribution in [0.3, 0.4) is 0 Å². The highest BCUT2D eigenvalue weighted by molar-refractivity contribution is 5.68. The topological polar surface area (TPSA) is 55.6 Å². The largest absolute Gasteiger partial charge is 0.444 e. The molecular weight excluding hydrogens is 240 g/mol. The fourth-order valence-corrected chi connectivity index (χ4v) is 2.73. The van der Waals surface area contributed by atoms with E-state index in [4.69, 9.17) is 10.5 Å². The molecular formula is C15H30N2O2. The maximum atomic E-state index is 12.4. The molecule has 1 aliphatic rings. The van der Waals surface area contributed by atoms with Crippen molar-refractivity contribution in [2.75, 3.05) is 13.1 Å². The zero-order valence-electron chi connectivity index (χ0n) is 12.9. The van der Waals surface area contributed by atoms with Gasteiger partial charge >= 0.3 is 6.09 Å². The molecule has 4 nitrogen and oxygen atoms in total. The van der Waals surface area contributed by atoms with Crippen LogP contribution < -0.4 is 5.73 Å². The predicted molar refractivity (Wildman–Crippen MR) is 78.0 cm³/mol. The van der Waals surface area contributed by atoms with Crippen LogP contribution >= 0.6 is 0 Å². The molecule has 19 heavy (non-hydrogen) atoms. The van der Waals surface area contributed by atoms with Gasteiger partial charge in [-0.05, 0) is 52.5 Å². The quantitative estimate of drug-likeness (QED) is 0.853. The normalized spacial score (nSPS) is 24.1. The Morgan fingerprint density at radius 3 is 2.47 bits per heavy atom. The van der Waals surface area contributed by atoms with Gasteiger partial charge in [0.05, 0.1) is 0 Å². The summed E-state index contributed by atoms with van der Waals surface area (Å²) in [5, 5.41) is 0. The number of nitrogens with zero attached hydrogens (tertiary/aromatic N) is 1. The monoisotopic (exact) mass is 270 g/mol. The number of carbonyl (C=O) groups is 1. The molecule has 1 saturated carbocycles. The van der Waals surface area contributed by atoms with Gasteiger partial charge in [-0.2, -0.15) is 0 Å². The third-order valence-electron chi connectivity index (χ3n) is 3.70. The van der Waals surface area contributed by atoms with Crippen molar-refractivity contribution in [1.29, 1.82) is 0 Å². The van der Waals surface area contributed by atoms with E-state index in [1.165, 1.54) is 19.3 Å². The fraction of sp³-hybridized carbons (Fsp3) is 0.933. The van der Waals surface area contributed by atoms with Gasteiger partial charge in [0.25, 0.3) is 0 Å². The zero-order chi connectivity index (χ0) is 14.5. The highest BCUT2D eigenvalue weighted by atomic mass is 16.6. The molecule has 0 spiro atoms. The molecule has 0 aromatic carbocycles. The summed E-state index contributed by atoms with van der Waals surface area (Å²) < 4.78 is 5.54. The Kier molecular flexibility index (Phi) is 6.11. The van der Waals surface area contributed by atoms with Crippen LogP contribution in [0.25, 0.3) is 0 Å². The Labute approximate surface area is 117 Å². The van der Waals surface area contributed by atoms with Gasteiger partial charge in [0.15, 0.2) is 0 Å². The standard InChI is InChI=1S/C15H30N2O2/c1-12-8-5-6-9-13(12)17(11-7-10-16)14(18)19-15(2,3)4/h12-13H,5-11,16H2,1-4H3/t12-,13+/m0/s1. The second-order valence-corrected chi connectivity index (χ2v) is 6.65. The van der Waals surface area contributed by atoms with E-state index in [-0.39, 0.29) is 6.09 Å². The maximum absolute atomic E-state index is 12.4. The van der Waals surface area contributed by atoms with Crippen molar-refractivity contribution in [3.8, 4) is 0 Å². The molecule has 0 aliphatic heterocycles. The Balaban J connectivity index is 2.72. The van der Waals surface area contributed by atoms with E-state index in [9.17, 15) is 4.79 Å². The van der Waals surface area contributed by atoms with Crippen LogP contribution in [-0.2, 0) is 4.74 Å². The molecule has 0 unspecified atom stereocenters. The van der Waals surface area contributed by atoms with E-state index >= 15 is 0 Å². The Morgan fingerprint density at radius 2 is 1.95 bits per heavy atom. The summed E-state index contributed by atoms with van der Waals surface area (Å²) in [5.74, 6) is 0.555. The van der Waals surface area contributed by atoms with E-state index < -0.39 is 5.60 Å². The van der Waals surface area contributed by atoms with E-state index in [2.05, 4.69) is 6.92 Å². The number of ether oxygens (including phenoxy) is 1. The Morgan fingerprint density at radius 1 is 1.32 bits per heavy atom. The first kappa shape index (κ1) is 16.3. The average Bonchev–Trinajstić information content (AvgIpc) is 2.29. The number of hydrogen-bond donors (Lipinski definition) is 1. The van der Waals surface area contributed by atoms with Crippen LogP contribution in [0.5, 0.6) is 0 Å².